The summed E-state index contributed by atoms with van der Waals surface area (Å²) >= 11 is 1.94. The quantitative estimate of drug-likeness (QED) is 0.784. The van der Waals surface area contributed by atoms with E-state index in [1.807, 2.05) is 11.8 Å². The maximum atomic E-state index is 2.22. The molecule has 1 nitrogen and oxygen atoms in total. The van der Waals surface area contributed by atoms with Gasteiger partial charge < -0.3 is 4.90 Å². The molecule has 88 valence electrons. The van der Waals surface area contributed by atoms with Gasteiger partial charge in [0, 0.05) is 12.3 Å². The fraction of sp³-hybridized carbons (Fsp3) is 0.429. The fourth-order valence-electron chi connectivity index (χ4n) is 1.53. The predicted octanol–water partition coefficient (Wildman–Crippen LogP) is 1.91. The fourth-order valence-corrected chi connectivity index (χ4v) is 2.63. The highest BCUT2D eigenvalue weighted by atomic mass is 32.2. The van der Waals surface area contributed by atoms with E-state index in [1.165, 1.54) is 15.3 Å². The molecule has 0 fully saturated rings. The Hall–Kier alpha value is -0.730. The molecule has 0 unspecified atom stereocenters. The van der Waals surface area contributed by atoms with Gasteiger partial charge >= 0.3 is 0 Å². The summed E-state index contributed by atoms with van der Waals surface area (Å²) in [5.41, 5.74) is 0. The summed E-state index contributed by atoms with van der Waals surface area (Å²) in [6, 6.07) is 8.58. The third-order valence-electron chi connectivity index (χ3n) is 2.51. The Morgan fingerprint density at radius 1 is 1.31 bits per heavy atom. The zero-order valence-corrected chi connectivity index (χ0v) is 11.5. The van der Waals surface area contributed by atoms with Gasteiger partial charge in [0.15, 0.2) is 0 Å². The summed E-state index contributed by atoms with van der Waals surface area (Å²) in [6.45, 7) is 5.43. The Morgan fingerprint density at radius 2 is 2.00 bits per heavy atom. The van der Waals surface area contributed by atoms with Crippen molar-refractivity contribution in [1.29, 1.82) is 0 Å². The number of benzene rings is 1. The van der Waals surface area contributed by atoms with E-state index in [9.17, 15) is 0 Å². The van der Waals surface area contributed by atoms with Crippen molar-refractivity contribution < 1.29 is 0 Å². The van der Waals surface area contributed by atoms with Crippen molar-refractivity contribution in [2.24, 2.45) is 0 Å². The number of nitrogens with zero attached hydrogens (tertiary/aromatic N) is 1. The van der Waals surface area contributed by atoms with Crippen LogP contribution in [0.3, 0.4) is 0 Å². The normalized spacial score (nSPS) is 14.4. The van der Waals surface area contributed by atoms with Gasteiger partial charge in [-0.2, -0.15) is 0 Å². The van der Waals surface area contributed by atoms with Crippen LogP contribution in [0.15, 0.2) is 24.3 Å². The van der Waals surface area contributed by atoms with Crippen LogP contribution in [0, 0.1) is 0 Å². The highest BCUT2D eigenvalue weighted by Crippen LogP contribution is 2.13. The van der Waals surface area contributed by atoms with Crippen molar-refractivity contribution in [3.63, 3.8) is 0 Å². The smallest absolute Gasteiger partial charge is 0.0105 e. The summed E-state index contributed by atoms with van der Waals surface area (Å²) in [5, 5.41) is 2.70. The SMILES string of the molecule is C/C=c1/cccc/c1=C(/C)SCCN(C)C. The summed E-state index contributed by atoms with van der Waals surface area (Å²) in [6.07, 6.45) is 2.17. The van der Waals surface area contributed by atoms with Crippen LogP contribution < -0.4 is 10.4 Å². The molecule has 2 heteroatoms. The molecule has 0 saturated carbocycles. The first-order chi connectivity index (χ1) is 7.65. The molecule has 0 spiro atoms. The Morgan fingerprint density at radius 3 is 2.62 bits per heavy atom. The molecular weight excluding hydrogens is 214 g/mol. The van der Waals surface area contributed by atoms with E-state index >= 15 is 0 Å². The molecule has 0 N–H and O–H groups in total. The van der Waals surface area contributed by atoms with E-state index in [0.717, 1.165) is 12.3 Å². The van der Waals surface area contributed by atoms with Crippen LogP contribution in [0.4, 0.5) is 0 Å². The maximum Gasteiger partial charge on any atom is 0.0105 e. The summed E-state index contributed by atoms with van der Waals surface area (Å²) in [4.78, 5) is 3.63. The second-order valence-corrected chi connectivity index (χ2v) is 5.39. The highest BCUT2D eigenvalue weighted by molar-refractivity contribution is 8.07. The first kappa shape index (κ1) is 13.3. The lowest BCUT2D eigenvalue weighted by molar-refractivity contribution is 0.437. The van der Waals surface area contributed by atoms with Gasteiger partial charge in [0.25, 0.3) is 0 Å². The van der Waals surface area contributed by atoms with Crippen LogP contribution in [0.1, 0.15) is 13.8 Å². The lowest BCUT2D eigenvalue weighted by atomic mass is 10.2. The first-order valence-electron chi connectivity index (χ1n) is 5.65. The van der Waals surface area contributed by atoms with Crippen molar-refractivity contribution >= 4 is 22.7 Å². The van der Waals surface area contributed by atoms with Gasteiger partial charge in [-0.05, 0) is 43.3 Å². The monoisotopic (exact) mass is 235 g/mol. The molecule has 0 aromatic heterocycles. The zero-order chi connectivity index (χ0) is 12.0. The highest BCUT2D eigenvalue weighted by Gasteiger charge is 1.95. The Balaban J connectivity index is 2.87. The van der Waals surface area contributed by atoms with E-state index in [4.69, 9.17) is 0 Å². The second-order valence-electron chi connectivity index (χ2n) is 4.08. The molecule has 1 aromatic carbocycles. The largest absolute Gasteiger partial charge is 0.309 e. The average Bonchev–Trinajstić information content (AvgIpc) is 2.28. The molecule has 0 aliphatic heterocycles. The molecule has 0 amide bonds. The van der Waals surface area contributed by atoms with E-state index in [-0.39, 0.29) is 0 Å². The van der Waals surface area contributed by atoms with Gasteiger partial charge in [0.2, 0.25) is 0 Å². The molecule has 0 radical (unpaired) electrons. The minimum Gasteiger partial charge on any atom is -0.309 e. The summed E-state index contributed by atoms with van der Waals surface area (Å²) < 4.78 is 0. The molecule has 1 rings (SSSR count). The lowest BCUT2D eigenvalue weighted by Gasteiger charge is -2.08. The Labute approximate surface area is 103 Å². The van der Waals surface area contributed by atoms with Crippen LogP contribution in [0.5, 0.6) is 0 Å². The molecule has 16 heavy (non-hydrogen) atoms. The van der Waals surface area contributed by atoms with Crippen molar-refractivity contribution in [2.75, 3.05) is 26.4 Å². The molecule has 0 heterocycles. The van der Waals surface area contributed by atoms with Crippen molar-refractivity contribution in [3.05, 3.63) is 34.7 Å². The summed E-state index contributed by atoms with van der Waals surface area (Å²) in [7, 11) is 4.23. The lowest BCUT2D eigenvalue weighted by Crippen LogP contribution is -2.25. The number of hydrogen-bond donors (Lipinski definition) is 0. The van der Waals surface area contributed by atoms with Gasteiger partial charge in [-0.25, -0.2) is 0 Å². The Kier molecular flexibility index (Phi) is 5.64. The minimum atomic E-state index is 1.13. The van der Waals surface area contributed by atoms with Crippen LogP contribution in [-0.4, -0.2) is 31.3 Å². The van der Waals surface area contributed by atoms with Crippen LogP contribution in [-0.2, 0) is 0 Å². The number of rotatable bonds is 4. The maximum absolute atomic E-state index is 2.22. The first-order valence-corrected chi connectivity index (χ1v) is 6.63. The van der Waals surface area contributed by atoms with Crippen molar-refractivity contribution in [1.82, 2.24) is 4.90 Å². The predicted molar refractivity (Wildman–Crippen MR) is 75.9 cm³/mol. The van der Waals surface area contributed by atoms with Gasteiger partial charge in [-0.15, -0.1) is 11.8 Å². The Bertz CT molecular complexity index is 434. The topological polar surface area (TPSA) is 3.24 Å². The van der Waals surface area contributed by atoms with E-state index in [1.54, 1.807) is 0 Å². The average molecular weight is 235 g/mol. The van der Waals surface area contributed by atoms with Crippen molar-refractivity contribution in [3.8, 4) is 0 Å². The third kappa shape index (κ3) is 4.03. The molecular formula is C14H21NS. The van der Waals surface area contributed by atoms with Gasteiger partial charge in [0.05, 0.1) is 0 Å². The van der Waals surface area contributed by atoms with E-state index in [2.05, 4.69) is 63.2 Å². The van der Waals surface area contributed by atoms with Crippen molar-refractivity contribution in [2.45, 2.75) is 13.8 Å². The van der Waals surface area contributed by atoms with E-state index < -0.39 is 0 Å². The number of hydrogen-bond acceptors (Lipinski definition) is 2. The number of thioether (sulfide) groups is 1. The molecule has 0 aliphatic carbocycles. The van der Waals surface area contributed by atoms with Gasteiger partial charge in [0.1, 0.15) is 0 Å². The molecule has 0 saturated heterocycles. The standard InChI is InChI=1S/C14H21NS/c1-5-13-8-6-7-9-14(13)12(2)16-11-10-15(3)4/h5-9H,10-11H2,1-4H3/b13-5-,14-12+. The van der Waals surface area contributed by atoms with E-state index in [0.29, 0.717) is 0 Å². The zero-order valence-electron chi connectivity index (χ0n) is 10.7. The molecule has 1 aromatic rings. The molecule has 0 aliphatic rings. The van der Waals surface area contributed by atoms with Gasteiger partial charge in [-0.3, -0.25) is 0 Å². The third-order valence-corrected chi connectivity index (χ3v) is 3.55. The van der Waals surface area contributed by atoms with Crippen LogP contribution in [0.2, 0.25) is 0 Å². The second kappa shape index (κ2) is 6.77. The minimum absolute atomic E-state index is 1.13. The van der Waals surface area contributed by atoms with Crippen LogP contribution in [0.25, 0.3) is 11.0 Å². The summed E-state index contributed by atoms with van der Waals surface area (Å²) in [5.74, 6) is 1.15. The molecule has 0 bridgehead atoms. The van der Waals surface area contributed by atoms with Gasteiger partial charge in [-0.1, -0.05) is 30.3 Å². The molecule has 0 atom stereocenters. The van der Waals surface area contributed by atoms with Crippen LogP contribution >= 0.6 is 11.8 Å².